The molecule has 0 aromatic carbocycles. The monoisotopic (exact) mass is 231 g/mol. The van der Waals surface area contributed by atoms with Crippen LogP contribution in [-0.4, -0.2) is 11.8 Å². The number of thiophene rings is 1. The van der Waals surface area contributed by atoms with Crippen molar-refractivity contribution >= 4 is 28.8 Å². The molecule has 0 aliphatic rings. The third-order valence-corrected chi connectivity index (χ3v) is 3.25. The molecule has 1 heterocycles. The number of hydrogen-bond donors (Lipinski definition) is 1. The SMILES string of the molecule is CC(CCl)C(=O)NC(C)c1ccsc1. The van der Waals surface area contributed by atoms with Gasteiger partial charge in [-0.3, -0.25) is 4.79 Å². The molecule has 2 atom stereocenters. The first kappa shape index (κ1) is 11.5. The van der Waals surface area contributed by atoms with E-state index in [0.717, 1.165) is 5.56 Å². The van der Waals surface area contributed by atoms with Gasteiger partial charge in [0.05, 0.1) is 6.04 Å². The van der Waals surface area contributed by atoms with Crippen molar-refractivity contribution in [3.05, 3.63) is 22.4 Å². The van der Waals surface area contributed by atoms with Crippen LogP contribution in [0.3, 0.4) is 0 Å². The fourth-order valence-corrected chi connectivity index (χ4v) is 1.92. The van der Waals surface area contributed by atoms with Crippen LogP contribution in [0.2, 0.25) is 0 Å². The van der Waals surface area contributed by atoms with Crippen LogP contribution in [0.1, 0.15) is 25.5 Å². The lowest BCUT2D eigenvalue weighted by molar-refractivity contribution is -0.124. The summed E-state index contributed by atoms with van der Waals surface area (Å²) in [6.07, 6.45) is 0. The second-order valence-electron chi connectivity index (χ2n) is 3.34. The third kappa shape index (κ3) is 3.00. The second-order valence-corrected chi connectivity index (χ2v) is 4.43. The number of carbonyl (C=O) groups excluding carboxylic acids is 1. The van der Waals surface area contributed by atoms with Crippen molar-refractivity contribution in [1.82, 2.24) is 5.32 Å². The summed E-state index contributed by atoms with van der Waals surface area (Å²) in [5.74, 6) is 0.249. The smallest absolute Gasteiger partial charge is 0.224 e. The highest BCUT2D eigenvalue weighted by Crippen LogP contribution is 2.16. The summed E-state index contributed by atoms with van der Waals surface area (Å²) in [5, 5.41) is 6.96. The Morgan fingerprint density at radius 1 is 1.64 bits per heavy atom. The summed E-state index contributed by atoms with van der Waals surface area (Å²) in [5.41, 5.74) is 1.14. The van der Waals surface area contributed by atoms with Crippen LogP contribution in [0, 0.1) is 5.92 Å². The predicted molar refractivity (Wildman–Crippen MR) is 60.8 cm³/mol. The number of carbonyl (C=O) groups is 1. The van der Waals surface area contributed by atoms with E-state index in [-0.39, 0.29) is 17.9 Å². The number of alkyl halides is 1. The summed E-state index contributed by atoms with van der Waals surface area (Å²) in [6.45, 7) is 3.80. The molecule has 0 aliphatic carbocycles. The Hall–Kier alpha value is -0.540. The van der Waals surface area contributed by atoms with Crippen molar-refractivity contribution in [2.24, 2.45) is 5.92 Å². The molecule has 0 aliphatic heterocycles. The lowest BCUT2D eigenvalue weighted by atomic mass is 10.1. The molecule has 1 aromatic heterocycles. The van der Waals surface area contributed by atoms with E-state index in [0.29, 0.717) is 5.88 Å². The van der Waals surface area contributed by atoms with Crippen molar-refractivity contribution in [1.29, 1.82) is 0 Å². The Labute approximate surface area is 93.3 Å². The maximum absolute atomic E-state index is 11.5. The molecular formula is C10H14ClNOS. The Balaban J connectivity index is 2.49. The van der Waals surface area contributed by atoms with Crippen molar-refractivity contribution in [2.75, 3.05) is 5.88 Å². The molecule has 4 heteroatoms. The van der Waals surface area contributed by atoms with Crippen LogP contribution in [-0.2, 0) is 4.79 Å². The van der Waals surface area contributed by atoms with E-state index >= 15 is 0 Å². The van der Waals surface area contributed by atoms with Crippen LogP contribution in [0.4, 0.5) is 0 Å². The first-order valence-electron chi connectivity index (χ1n) is 4.53. The molecule has 0 radical (unpaired) electrons. The van der Waals surface area contributed by atoms with Crippen molar-refractivity contribution in [3.8, 4) is 0 Å². The standard InChI is InChI=1S/C10H14ClNOS/c1-7(5-11)10(13)12-8(2)9-3-4-14-6-9/h3-4,6-8H,5H2,1-2H3,(H,12,13). The molecule has 1 aromatic rings. The molecule has 0 spiro atoms. The second kappa shape index (κ2) is 5.37. The first-order chi connectivity index (χ1) is 6.65. The van der Waals surface area contributed by atoms with Gasteiger partial charge in [-0.15, -0.1) is 11.6 Å². The van der Waals surface area contributed by atoms with E-state index in [1.165, 1.54) is 0 Å². The quantitative estimate of drug-likeness (QED) is 0.794. The van der Waals surface area contributed by atoms with Crippen molar-refractivity contribution < 1.29 is 4.79 Å². The number of rotatable bonds is 4. The number of amides is 1. The predicted octanol–water partition coefficient (Wildman–Crippen LogP) is 2.80. The largest absolute Gasteiger partial charge is 0.349 e. The summed E-state index contributed by atoms with van der Waals surface area (Å²) >= 11 is 7.23. The van der Waals surface area contributed by atoms with E-state index < -0.39 is 0 Å². The van der Waals surface area contributed by atoms with Crippen LogP contribution in [0.5, 0.6) is 0 Å². The highest BCUT2D eigenvalue weighted by atomic mass is 35.5. The maximum atomic E-state index is 11.5. The topological polar surface area (TPSA) is 29.1 Å². The van der Waals surface area contributed by atoms with E-state index in [1.54, 1.807) is 11.3 Å². The van der Waals surface area contributed by atoms with Gasteiger partial charge in [-0.1, -0.05) is 6.92 Å². The zero-order valence-corrected chi connectivity index (χ0v) is 9.86. The molecule has 14 heavy (non-hydrogen) atoms. The van der Waals surface area contributed by atoms with Gasteiger partial charge in [-0.05, 0) is 29.3 Å². The minimum atomic E-state index is -0.127. The minimum Gasteiger partial charge on any atom is -0.349 e. The van der Waals surface area contributed by atoms with Gasteiger partial charge in [-0.25, -0.2) is 0 Å². The Morgan fingerprint density at radius 3 is 2.86 bits per heavy atom. The minimum absolute atomic E-state index is 0.0127. The average molecular weight is 232 g/mol. The molecule has 2 unspecified atom stereocenters. The number of hydrogen-bond acceptors (Lipinski definition) is 2. The van der Waals surface area contributed by atoms with Gasteiger partial charge in [0.1, 0.15) is 0 Å². The van der Waals surface area contributed by atoms with Gasteiger partial charge in [0.2, 0.25) is 5.91 Å². The Bertz CT molecular complexity index is 286. The van der Waals surface area contributed by atoms with E-state index in [2.05, 4.69) is 5.32 Å². The summed E-state index contributed by atoms with van der Waals surface area (Å²) in [7, 11) is 0. The zero-order valence-electron chi connectivity index (χ0n) is 8.29. The van der Waals surface area contributed by atoms with Gasteiger partial charge in [-0.2, -0.15) is 11.3 Å². The summed E-state index contributed by atoms with van der Waals surface area (Å²) in [4.78, 5) is 11.5. The lowest BCUT2D eigenvalue weighted by Crippen LogP contribution is -2.32. The van der Waals surface area contributed by atoms with Gasteiger partial charge < -0.3 is 5.32 Å². The lowest BCUT2D eigenvalue weighted by Gasteiger charge is -2.15. The average Bonchev–Trinajstić information content (AvgIpc) is 2.69. The van der Waals surface area contributed by atoms with Gasteiger partial charge in [0, 0.05) is 11.8 Å². The van der Waals surface area contributed by atoms with Crippen LogP contribution in [0.15, 0.2) is 16.8 Å². The molecule has 1 rings (SSSR count). The Kier molecular flexibility index (Phi) is 4.42. The molecular weight excluding hydrogens is 218 g/mol. The highest BCUT2D eigenvalue weighted by molar-refractivity contribution is 7.07. The normalized spacial score (nSPS) is 14.8. The summed E-state index contributed by atoms with van der Waals surface area (Å²) < 4.78 is 0. The summed E-state index contributed by atoms with van der Waals surface area (Å²) in [6, 6.07) is 2.08. The van der Waals surface area contributed by atoms with E-state index in [9.17, 15) is 4.79 Å². The zero-order chi connectivity index (χ0) is 10.6. The molecule has 78 valence electrons. The van der Waals surface area contributed by atoms with Crippen LogP contribution >= 0.6 is 22.9 Å². The molecule has 0 fully saturated rings. The van der Waals surface area contributed by atoms with Crippen molar-refractivity contribution in [2.45, 2.75) is 19.9 Å². The van der Waals surface area contributed by atoms with Gasteiger partial charge >= 0.3 is 0 Å². The van der Waals surface area contributed by atoms with Gasteiger partial charge in [0.15, 0.2) is 0 Å². The third-order valence-electron chi connectivity index (χ3n) is 2.08. The Morgan fingerprint density at radius 2 is 2.36 bits per heavy atom. The molecule has 0 saturated heterocycles. The van der Waals surface area contributed by atoms with Crippen molar-refractivity contribution in [3.63, 3.8) is 0 Å². The highest BCUT2D eigenvalue weighted by Gasteiger charge is 2.14. The molecule has 2 nitrogen and oxygen atoms in total. The van der Waals surface area contributed by atoms with E-state index in [1.807, 2.05) is 30.7 Å². The maximum Gasteiger partial charge on any atom is 0.224 e. The number of halogens is 1. The van der Waals surface area contributed by atoms with Crippen LogP contribution in [0.25, 0.3) is 0 Å². The fourth-order valence-electron chi connectivity index (χ4n) is 1.03. The van der Waals surface area contributed by atoms with Crippen LogP contribution < -0.4 is 5.32 Å². The molecule has 0 bridgehead atoms. The number of nitrogens with one attached hydrogen (secondary N) is 1. The first-order valence-corrected chi connectivity index (χ1v) is 6.01. The molecule has 1 N–H and O–H groups in total. The van der Waals surface area contributed by atoms with Gasteiger partial charge in [0.25, 0.3) is 0 Å². The molecule has 0 saturated carbocycles. The fraction of sp³-hybridized carbons (Fsp3) is 0.500. The molecule has 1 amide bonds. The van der Waals surface area contributed by atoms with E-state index in [4.69, 9.17) is 11.6 Å².